The van der Waals surface area contributed by atoms with Crippen LogP contribution >= 0.6 is 11.6 Å². The van der Waals surface area contributed by atoms with Gasteiger partial charge in [-0.25, -0.2) is 0 Å². The fourth-order valence-electron chi connectivity index (χ4n) is 1.44. The zero-order chi connectivity index (χ0) is 13.0. The summed E-state index contributed by atoms with van der Waals surface area (Å²) in [7, 11) is 0. The van der Waals surface area contributed by atoms with Gasteiger partial charge in [-0.1, -0.05) is 30.3 Å². The van der Waals surface area contributed by atoms with E-state index in [9.17, 15) is 0 Å². The van der Waals surface area contributed by atoms with Crippen LogP contribution in [-0.2, 0) is 6.54 Å². The van der Waals surface area contributed by atoms with Crippen LogP contribution in [0.3, 0.4) is 0 Å². The van der Waals surface area contributed by atoms with Gasteiger partial charge in [0.2, 0.25) is 11.9 Å². The van der Waals surface area contributed by atoms with Gasteiger partial charge < -0.3 is 11.1 Å². The van der Waals surface area contributed by atoms with Gasteiger partial charge in [-0.05, 0) is 12.5 Å². The number of nitrogens with one attached hydrogen (secondary N) is 1. The normalized spacial score (nSPS) is 12.1. The second-order valence-corrected chi connectivity index (χ2v) is 4.49. The van der Waals surface area contributed by atoms with Crippen molar-refractivity contribution in [2.45, 2.75) is 18.8 Å². The maximum absolute atomic E-state index is 5.93. The van der Waals surface area contributed by atoms with Crippen LogP contribution in [0.2, 0.25) is 0 Å². The number of benzene rings is 1. The summed E-state index contributed by atoms with van der Waals surface area (Å²) >= 11 is 5.93. The summed E-state index contributed by atoms with van der Waals surface area (Å²) in [6.07, 6.45) is 0. The molecule has 0 fully saturated rings. The lowest BCUT2D eigenvalue weighted by Crippen LogP contribution is -2.10. The fraction of sp³-hybridized carbons (Fsp3) is 0.250. The van der Waals surface area contributed by atoms with Crippen molar-refractivity contribution in [3.05, 3.63) is 41.7 Å². The third-order valence-electron chi connectivity index (χ3n) is 2.32. The highest BCUT2D eigenvalue weighted by atomic mass is 35.5. The molecule has 1 aromatic carbocycles. The smallest absolute Gasteiger partial charge is 0.228 e. The molecule has 2 aromatic rings. The van der Waals surface area contributed by atoms with Crippen LogP contribution in [0.4, 0.5) is 11.9 Å². The average molecular weight is 264 g/mol. The lowest BCUT2D eigenvalue weighted by atomic mass is 10.2. The molecule has 0 spiro atoms. The Kier molecular flexibility index (Phi) is 3.94. The molecule has 1 heterocycles. The van der Waals surface area contributed by atoms with E-state index in [1.807, 2.05) is 30.3 Å². The van der Waals surface area contributed by atoms with Crippen LogP contribution in [-0.4, -0.2) is 15.0 Å². The molecule has 1 unspecified atom stereocenters. The van der Waals surface area contributed by atoms with Crippen LogP contribution in [0, 0.1) is 0 Å². The molecule has 5 nitrogen and oxygen atoms in total. The zero-order valence-corrected chi connectivity index (χ0v) is 10.7. The molecule has 0 aliphatic heterocycles. The highest BCUT2D eigenvalue weighted by Gasteiger charge is 2.08. The van der Waals surface area contributed by atoms with Crippen LogP contribution in [0.15, 0.2) is 30.3 Å². The van der Waals surface area contributed by atoms with E-state index in [4.69, 9.17) is 17.3 Å². The van der Waals surface area contributed by atoms with Gasteiger partial charge in [-0.3, -0.25) is 0 Å². The van der Waals surface area contributed by atoms with Crippen LogP contribution in [0.1, 0.15) is 23.7 Å². The molecule has 0 aliphatic carbocycles. The Morgan fingerprint density at radius 3 is 2.61 bits per heavy atom. The molecule has 2 rings (SSSR count). The van der Waals surface area contributed by atoms with E-state index in [0.717, 1.165) is 5.56 Å². The number of hydrogen-bond donors (Lipinski definition) is 2. The van der Waals surface area contributed by atoms with E-state index in [-0.39, 0.29) is 11.3 Å². The molecule has 0 amide bonds. The monoisotopic (exact) mass is 263 g/mol. The van der Waals surface area contributed by atoms with Gasteiger partial charge in [-0.2, -0.15) is 15.0 Å². The maximum Gasteiger partial charge on any atom is 0.228 e. The summed E-state index contributed by atoms with van der Waals surface area (Å²) in [6.45, 7) is 2.41. The molecule has 18 heavy (non-hydrogen) atoms. The number of rotatable bonds is 4. The number of nitrogens with two attached hydrogens (primary N) is 1. The minimum Gasteiger partial charge on any atom is -0.368 e. The van der Waals surface area contributed by atoms with Crippen molar-refractivity contribution in [1.82, 2.24) is 15.0 Å². The van der Waals surface area contributed by atoms with Crippen molar-refractivity contribution >= 4 is 23.5 Å². The molecule has 0 saturated heterocycles. The first-order valence-electron chi connectivity index (χ1n) is 5.58. The number of alkyl halides is 1. The van der Waals surface area contributed by atoms with Gasteiger partial charge >= 0.3 is 0 Å². The Bertz CT molecular complexity index is 515. The van der Waals surface area contributed by atoms with E-state index >= 15 is 0 Å². The van der Waals surface area contributed by atoms with Crippen LogP contribution in [0.25, 0.3) is 0 Å². The topological polar surface area (TPSA) is 76.7 Å². The zero-order valence-electron chi connectivity index (χ0n) is 9.97. The van der Waals surface area contributed by atoms with E-state index < -0.39 is 0 Å². The maximum atomic E-state index is 5.93. The van der Waals surface area contributed by atoms with Crippen molar-refractivity contribution < 1.29 is 0 Å². The molecule has 0 bridgehead atoms. The molecule has 0 radical (unpaired) electrons. The molecule has 0 saturated carbocycles. The summed E-state index contributed by atoms with van der Waals surface area (Å²) < 4.78 is 0. The van der Waals surface area contributed by atoms with Crippen molar-refractivity contribution in [2.75, 3.05) is 11.1 Å². The Hall–Kier alpha value is -1.88. The number of anilines is 2. The first kappa shape index (κ1) is 12.6. The molecule has 6 heteroatoms. The molecule has 1 aromatic heterocycles. The first-order valence-corrected chi connectivity index (χ1v) is 6.02. The Balaban J connectivity index is 2.10. The van der Waals surface area contributed by atoms with Crippen LogP contribution in [0.5, 0.6) is 0 Å². The number of aromatic nitrogens is 3. The number of hydrogen-bond acceptors (Lipinski definition) is 5. The van der Waals surface area contributed by atoms with E-state index in [0.29, 0.717) is 18.3 Å². The molecular weight excluding hydrogens is 250 g/mol. The van der Waals surface area contributed by atoms with Gasteiger partial charge in [0.25, 0.3) is 0 Å². The Morgan fingerprint density at radius 2 is 1.94 bits per heavy atom. The average Bonchev–Trinajstić information content (AvgIpc) is 2.37. The van der Waals surface area contributed by atoms with Crippen molar-refractivity contribution in [1.29, 1.82) is 0 Å². The van der Waals surface area contributed by atoms with Crippen LogP contribution < -0.4 is 11.1 Å². The van der Waals surface area contributed by atoms with Gasteiger partial charge in [0.15, 0.2) is 5.82 Å². The Labute approximate surface area is 110 Å². The van der Waals surface area contributed by atoms with E-state index in [1.54, 1.807) is 6.92 Å². The quantitative estimate of drug-likeness (QED) is 0.828. The van der Waals surface area contributed by atoms with Crippen molar-refractivity contribution in [2.24, 2.45) is 0 Å². The van der Waals surface area contributed by atoms with E-state index in [1.165, 1.54) is 0 Å². The SMILES string of the molecule is CC(Cl)c1nc(N)nc(NCc2ccccc2)n1. The molecule has 1 atom stereocenters. The third kappa shape index (κ3) is 3.30. The van der Waals surface area contributed by atoms with Gasteiger partial charge in [0, 0.05) is 6.54 Å². The molecule has 3 N–H and O–H groups in total. The predicted molar refractivity (Wildman–Crippen MR) is 72.3 cm³/mol. The highest BCUT2D eigenvalue weighted by molar-refractivity contribution is 6.20. The molecule has 94 valence electrons. The standard InChI is InChI=1S/C12H14ClN5/c1-8(13)10-16-11(14)18-12(17-10)15-7-9-5-3-2-4-6-9/h2-6,8H,7H2,1H3,(H3,14,15,16,17,18). The summed E-state index contributed by atoms with van der Waals surface area (Å²) in [5.74, 6) is 1.08. The number of nitrogen functional groups attached to an aromatic ring is 1. The van der Waals surface area contributed by atoms with Crippen molar-refractivity contribution in [3.63, 3.8) is 0 Å². The largest absolute Gasteiger partial charge is 0.368 e. The molecular formula is C12H14ClN5. The third-order valence-corrected chi connectivity index (χ3v) is 2.51. The van der Waals surface area contributed by atoms with E-state index in [2.05, 4.69) is 20.3 Å². The van der Waals surface area contributed by atoms with Gasteiger partial charge in [0.05, 0.1) is 5.38 Å². The second kappa shape index (κ2) is 5.64. The number of halogens is 1. The first-order chi connectivity index (χ1) is 8.65. The highest BCUT2D eigenvalue weighted by Crippen LogP contribution is 2.16. The fourth-order valence-corrected chi connectivity index (χ4v) is 1.54. The molecule has 0 aliphatic rings. The second-order valence-electron chi connectivity index (χ2n) is 3.83. The Morgan fingerprint density at radius 1 is 1.22 bits per heavy atom. The predicted octanol–water partition coefficient (Wildman–Crippen LogP) is 2.37. The summed E-state index contributed by atoms with van der Waals surface area (Å²) in [5, 5.41) is 2.80. The summed E-state index contributed by atoms with van der Waals surface area (Å²) in [4.78, 5) is 12.2. The summed E-state index contributed by atoms with van der Waals surface area (Å²) in [6, 6.07) is 9.96. The number of nitrogens with zero attached hydrogens (tertiary/aromatic N) is 3. The van der Waals surface area contributed by atoms with Gasteiger partial charge in [-0.15, -0.1) is 11.6 Å². The minimum atomic E-state index is -0.299. The van der Waals surface area contributed by atoms with Gasteiger partial charge in [0.1, 0.15) is 0 Å². The lowest BCUT2D eigenvalue weighted by Gasteiger charge is -2.08. The lowest BCUT2D eigenvalue weighted by molar-refractivity contribution is 0.878. The minimum absolute atomic E-state index is 0.170. The van der Waals surface area contributed by atoms with Crippen molar-refractivity contribution in [3.8, 4) is 0 Å². The summed E-state index contributed by atoms with van der Waals surface area (Å²) in [5.41, 5.74) is 6.74.